The molecule has 0 unspecified atom stereocenters. The molecule has 0 aromatic heterocycles. The second-order valence-corrected chi connectivity index (χ2v) is 3.93. The number of rotatable bonds is 3. The smallest absolute Gasteiger partial charge is 0.427 e. The van der Waals surface area contributed by atoms with Crippen LogP contribution in [0.1, 0.15) is 13.8 Å². The van der Waals surface area contributed by atoms with Gasteiger partial charge >= 0.3 is 18.1 Å². The highest BCUT2D eigenvalue weighted by molar-refractivity contribution is 6.01. The average molecular weight is 304 g/mol. The lowest BCUT2D eigenvalue weighted by atomic mass is 10.2. The number of ether oxygens (including phenoxy) is 1. The number of benzene rings is 1. The first-order valence-electron chi connectivity index (χ1n) is 5.58. The van der Waals surface area contributed by atoms with E-state index in [9.17, 15) is 27.6 Å². The van der Waals surface area contributed by atoms with Crippen LogP contribution < -0.4 is 15.4 Å². The molecule has 1 aromatic rings. The molecular formula is C12H11F3N2O4. The molecular weight excluding hydrogens is 293 g/mol. The van der Waals surface area contributed by atoms with Crippen molar-refractivity contribution in [3.63, 3.8) is 0 Å². The molecule has 0 aliphatic carbocycles. The molecule has 114 valence electrons. The van der Waals surface area contributed by atoms with Crippen molar-refractivity contribution >= 4 is 29.2 Å². The summed E-state index contributed by atoms with van der Waals surface area (Å²) in [6, 6.07) is 3.46. The van der Waals surface area contributed by atoms with Gasteiger partial charge in [-0.05, 0) is 12.1 Å². The van der Waals surface area contributed by atoms with Gasteiger partial charge < -0.3 is 15.4 Å². The topological polar surface area (TPSA) is 84.5 Å². The monoisotopic (exact) mass is 304 g/mol. The van der Waals surface area contributed by atoms with Crippen LogP contribution in [0.25, 0.3) is 0 Å². The maximum atomic E-state index is 12.3. The van der Waals surface area contributed by atoms with Crippen LogP contribution in [0.5, 0.6) is 5.75 Å². The lowest BCUT2D eigenvalue weighted by molar-refractivity contribution is -0.167. The fraction of sp³-hybridized carbons (Fsp3) is 0.250. The number of carbonyl (C=O) groups excluding carboxylic acids is 3. The number of nitrogens with one attached hydrogen (secondary N) is 2. The van der Waals surface area contributed by atoms with E-state index in [0.717, 1.165) is 19.9 Å². The van der Waals surface area contributed by atoms with E-state index in [1.807, 2.05) is 0 Å². The SMILES string of the molecule is CC(=O)Nc1ccc(OC(C)=O)cc1NC(=O)C(F)(F)F. The first-order valence-corrected chi connectivity index (χ1v) is 5.58. The van der Waals surface area contributed by atoms with Gasteiger partial charge in [0.05, 0.1) is 11.4 Å². The van der Waals surface area contributed by atoms with Gasteiger partial charge in [-0.3, -0.25) is 14.4 Å². The zero-order valence-electron chi connectivity index (χ0n) is 11.0. The number of alkyl halides is 3. The lowest BCUT2D eigenvalue weighted by Crippen LogP contribution is -2.30. The van der Waals surface area contributed by atoms with Crippen LogP contribution in [-0.2, 0) is 14.4 Å². The summed E-state index contributed by atoms with van der Waals surface area (Å²) in [5, 5.41) is 3.85. The van der Waals surface area contributed by atoms with Gasteiger partial charge in [0.25, 0.3) is 0 Å². The fourth-order valence-electron chi connectivity index (χ4n) is 1.35. The Hall–Kier alpha value is -2.58. The molecule has 21 heavy (non-hydrogen) atoms. The Bertz CT molecular complexity index is 584. The highest BCUT2D eigenvalue weighted by atomic mass is 19.4. The molecule has 0 radical (unpaired) electrons. The molecule has 6 nitrogen and oxygen atoms in total. The number of halogens is 3. The van der Waals surface area contributed by atoms with E-state index in [1.54, 1.807) is 5.32 Å². The van der Waals surface area contributed by atoms with Crippen molar-refractivity contribution in [1.82, 2.24) is 0 Å². The van der Waals surface area contributed by atoms with E-state index in [-0.39, 0.29) is 17.1 Å². The van der Waals surface area contributed by atoms with Crippen LogP contribution in [0, 0.1) is 0 Å². The molecule has 2 N–H and O–H groups in total. The fourth-order valence-corrected chi connectivity index (χ4v) is 1.35. The zero-order chi connectivity index (χ0) is 16.2. The van der Waals surface area contributed by atoms with Crippen molar-refractivity contribution in [3.8, 4) is 5.75 Å². The number of hydrogen-bond acceptors (Lipinski definition) is 4. The lowest BCUT2D eigenvalue weighted by Gasteiger charge is -2.14. The maximum absolute atomic E-state index is 12.3. The molecule has 2 amide bonds. The normalized spacial score (nSPS) is 10.7. The molecule has 0 saturated carbocycles. The van der Waals surface area contributed by atoms with Gasteiger partial charge in [0.2, 0.25) is 5.91 Å². The molecule has 0 heterocycles. The predicted molar refractivity (Wildman–Crippen MR) is 66.7 cm³/mol. The van der Waals surface area contributed by atoms with Gasteiger partial charge in [0.1, 0.15) is 5.75 Å². The molecule has 0 bridgehead atoms. The summed E-state index contributed by atoms with van der Waals surface area (Å²) in [4.78, 5) is 32.7. The molecule has 1 aromatic carbocycles. The van der Waals surface area contributed by atoms with E-state index < -0.39 is 24.0 Å². The molecule has 9 heteroatoms. The van der Waals surface area contributed by atoms with Crippen LogP contribution in [0.3, 0.4) is 0 Å². The summed E-state index contributed by atoms with van der Waals surface area (Å²) in [5.74, 6) is -3.52. The third-order valence-electron chi connectivity index (χ3n) is 2.07. The van der Waals surface area contributed by atoms with Gasteiger partial charge in [-0.2, -0.15) is 13.2 Å². The predicted octanol–water partition coefficient (Wildman–Crippen LogP) is 2.07. The number of anilines is 2. The van der Waals surface area contributed by atoms with E-state index >= 15 is 0 Å². The van der Waals surface area contributed by atoms with Gasteiger partial charge in [-0.15, -0.1) is 0 Å². The van der Waals surface area contributed by atoms with Gasteiger partial charge in [0.15, 0.2) is 0 Å². The molecule has 0 saturated heterocycles. The van der Waals surface area contributed by atoms with Gasteiger partial charge in [-0.25, -0.2) is 0 Å². The van der Waals surface area contributed by atoms with E-state index in [0.29, 0.717) is 0 Å². The van der Waals surface area contributed by atoms with Crippen LogP contribution in [-0.4, -0.2) is 24.0 Å². The van der Waals surface area contributed by atoms with E-state index in [4.69, 9.17) is 4.74 Å². The summed E-state index contributed by atoms with van der Waals surface area (Å²) in [5.41, 5.74) is -0.401. The highest BCUT2D eigenvalue weighted by Crippen LogP contribution is 2.29. The van der Waals surface area contributed by atoms with Crippen molar-refractivity contribution in [2.75, 3.05) is 10.6 Å². The minimum atomic E-state index is -5.09. The molecule has 1 rings (SSSR count). The third-order valence-corrected chi connectivity index (χ3v) is 2.07. The molecule has 0 aliphatic rings. The number of hydrogen-bond donors (Lipinski definition) is 2. The standard InChI is InChI=1S/C12H11F3N2O4/c1-6(18)16-9-4-3-8(21-7(2)19)5-10(9)17-11(20)12(13,14)15/h3-5H,1-2H3,(H,16,18)(H,17,20). The Kier molecular flexibility index (Phi) is 4.90. The maximum Gasteiger partial charge on any atom is 0.471 e. The van der Waals surface area contributed by atoms with Gasteiger partial charge in [-0.1, -0.05) is 0 Å². The first-order chi connectivity index (χ1) is 9.59. The average Bonchev–Trinajstić information content (AvgIpc) is 2.29. The largest absolute Gasteiger partial charge is 0.471 e. The minimum absolute atomic E-state index is 0.0593. The number of amides is 2. The van der Waals surface area contributed by atoms with Crippen molar-refractivity contribution in [2.24, 2.45) is 0 Å². The molecule has 0 spiro atoms. The number of carbonyl (C=O) groups is 3. The zero-order valence-corrected chi connectivity index (χ0v) is 11.0. The minimum Gasteiger partial charge on any atom is -0.427 e. The van der Waals surface area contributed by atoms with E-state index in [2.05, 4.69) is 5.32 Å². The van der Waals surface area contributed by atoms with Crippen molar-refractivity contribution in [1.29, 1.82) is 0 Å². The van der Waals surface area contributed by atoms with Crippen LogP contribution >= 0.6 is 0 Å². The summed E-state index contributed by atoms with van der Waals surface area (Å²) in [6.07, 6.45) is -5.09. The van der Waals surface area contributed by atoms with Crippen LogP contribution in [0.15, 0.2) is 18.2 Å². The summed E-state index contributed by atoms with van der Waals surface area (Å²) in [7, 11) is 0. The molecule has 0 atom stereocenters. The molecule has 0 aliphatic heterocycles. The third kappa shape index (κ3) is 5.13. The van der Waals surface area contributed by atoms with Crippen LogP contribution in [0.4, 0.5) is 24.5 Å². The summed E-state index contributed by atoms with van der Waals surface area (Å²) >= 11 is 0. The van der Waals surface area contributed by atoms with Crippen molar-refractivity contribution in [2.45, 2.75) is 20.0 Å². The summed E-state index contributed by atoms with van der Waals surface area (Å²) < 4.78 is 41.5. The van der Waals surface area contributed by atoms with Crippen molar-refractivity contribution in [3.05, 3.63) is 18.2 Å². The van der Waals surface area contributed by atoms with Crippen LogP contribution in [0.2, 0.25) is 0 Å². The quantitative estimate of drug-likeness (QED) is 0.661. The highest BCUT2D eigenvalue weighted by Gasteiger charge is 2.39. The van der Waals surface area contributed by atoms with Gasteiger partial charge in [0, 0.05) is 19.9 Å². The second-order valence-electron chi connectivity index (χ2n) is 3.93. The number of esters is 1. The Labute approximate surface area is 117 Å². The Morgan fingerprint density at radius 3 is 2.14 bits per heavy atom. The Balaban J connectivity index is 3.12. The molecule has 0 fully saturated rings. The second kappa shape index (κ2) is 6.25. The van der Waals surface area contributed by atoms with Crippen molar-refractivity contribution < 1.29 is 32.3 Å². The Morgan fingerprint density at radius 2 is 1.67 bits per heavy atom. The Morgan fingerprint density at radius 1 is 1.05 bits per heavy atom. The van der Waals surface area contributed by atoms with E-state index in [1.165, 1.54) is 12.1 Å². The first kappa shape index (κ1) is 16.5. The summed E-state index contributed by atoms with van der Waals surface area (Å²) in [6.45, 7) is 2.25.